The van der Waals surface area contributed by atoms with Crippen LogP contribution in [0.15, 0.2) is 0 Å². The largest absolute Gasteiger partial charge is 0.303 e. The van der Waals surface area contributed by atoms with Crippen LogP contribution in [0.5, 0.6) is 0 Å². The molecule has 1 fully saturated rings. The number of hydrogen-bond donors (Lipinski definition) is 2. The Morgan fingerprint density at radius 2 is 1.50 bits per heavy atom. The van der Waals surface area contributed by atoms with Crippen molar-refractivity contribution in [2.24, 2.45) is 0 Å². The molecular formula is C3H10N2S. The van der Waals surface area contributed by atoms with Gasteiger partial charge in [-0.3, -0.25) is 0 Å². The lowest BCUT2D eigenvalue weighted by molar-refractivity contribution is 0.807. The highest BCUT2D eigenvalue weighted by Crippen LogP contribution is 1.62. The van der Waals surface area contributed by atoms with Gasteiger partial charge in [0.1, 0.15) is 0 Å². The SMILES string of the molecule is C1CNCN1.S. The Morgan fingerprint density at radius 3 is 1.67 bits per heavy atom. The number of hydrogen-bond acceptors (Lipinski definition) is 2. The Bertz CT molecular complexity index is 20.4. The van der Waals surface area contributed by atoms with Gasteiger partial charge in [0.25, 0.3) is 0 Å². The third-order valence-electron chi connectivity index (χ3n) is 0.729. The second kappa shape index (κ2) is 3.46. The second-order valence-corrected chi connectivity index (χ2v) is 1.18. The van der Waals surface area contributed by atoms with Crippen molar-refractivity contribution in [1.29, 1.82) is 0 Å². The van der Waals surface area contributed by atoms with Crippen LogP contribution in [0, 0.1) is 0 Å². The maximum Gasteiger partial charge on any atom is 0.0455 e. The van der Waals surface area contributed by atoms with Crippen molar-refractivity contribution in [3.8, 4) is 0 Å². The van der Waals surface area contributed by atoms with Crippen LogP contribution in [0.1, 0.15) is 0 Å². The molecule has 38 valence electrons. The van der Waals surface area contributed by atoms with Gasteiger partial charge in [0.05, 0.1) is 0 Å². The van der Waals surface area contributed by atoms with Crippen LogP contribution in [-0.2, 0) is 0 Å². The molecule has 2 nitrogen and oxygen atoms in total. The minimum atomic E-state index is 0. The van der Waals surface area contributed by atoms with Crippen LogP contribution >= 0.6 is 13.5 Å². The van der Waals surface area contributed by atoms with E-state index in [2.05, 4.69) is 10.6 Å². The summed E-state index contributed by atoms with van der Waals surface area (Å²) in [5.74, 6) is 0. The number of nitrogens with one attached hydrogen (secondary N) is 2. The number of rotatable bonds is 0. The van der Waals surface area contributed by atoms with Crippen molar-refractivity contribution < 1.29 is 0 Å². The topological polar surface area (TPSA) is 24.1 Å². The zero-order valence-electron chi connectivity index (χ0n) is 3.62. The molecule has 0 aromatic heterocycles. The average molecular weight is 106 g/mol. The molecule has 1 saturated heterocycles. The average Bonchev–Trinajstić information content (AvgIpc) is 1.76. The molecule has 0 atom stereocenters. The van der Waals surface area contributed by atoms with Gasteiger partial charge in [-0.1, -0.05) is 0 Å². The maximum absolute atomic E-state index is 3.11. The molecule has 0 aliphatic carbocycles. The third kappa shape index (κ3) is 1.64. The normalized spacial score (nSPS) is 20.0. The van der Waals surface area contributed by atoms with Crippen molar-refractivity contribution in [2.75, 3.05) is 19.8 Å². The van der Waals surface area contributed by atoms with E-state index in [1.807, 2.05) is 0 Å². The minimum absolute atomic E-state index is 0. The van der Waals surface area contributed by atoms with Gasteiger partial charge in [0, 0.05) is 19.8 Å². The lowest BCUT2D eigenvalue weighted by Gasteiger charge is -1.77. The standard InChI is InChI=1S/C3H8N2.H2S/c1-2-5-3-4-1;/h4-5H,1-3H2;1H2. The van der Waals surface area contributed by atoms with Crippen LogP contribution in [0.3, 0.4) is 0 Å². The van der Waals surface area contributed by atoms with Crippen LogP contribution in [0.4, 0.5) is 0 Å². The zero-order chi connectivity index (χ0) is 3.54. The minimum Gasteiger partial charge on any atom is -0.303 e. The molecule has 1 aliphatic rings. The quantitative estimate of drug-likeness (QED) is 0.424. The summed E-state index contributed by atoms with van der Waals surface area (Å²) in [6, 6.07) is 0. The van der Waals surface area contributed by atoms with Crippen molar-refractivity contribution in [3.63, 3.8) is 0 Å². The van der Waals surface area contributed by atoms with Gasteiger partial charge < -0.3 is 10.6 Å². The Morgan fingerprint density at radius 1 is 1.00 bits per heavy atom. The van der Waals surface area contributed by atoms with E-state index in [0.29, 0.717) is 0 Å². The Hall–Kier alpha value is 0.270. The molecule has 1 rings (SSSR count). The van der Waals surface area contributed by atoms with E-state index in [0.717, 1.165) is 19.8 Å². The Labute approximate surface area is 44.8 Å². The Kier molecular flexibility index (Phi) is 3.62. The summed E-state index contributed by atoms with van der Waals surface area (Å²) in [6.07, 6.45) is 0. The highest BCUT2D eigenvalue weighted by molar-refractivity contribution is 7.59. The summed E-state index contributed by atoms with van der Waals surface area (Å²) in [5.41, 5.74) is 0. The summed E-state index contributed by atoms with van der Waals surface area (Å²) >= 11 is 0. The van der Waals surface area contributed by atoms with E-state index in [9.17, 15) is 0 Å². The van der Waals surface area contributed by atoms with Gasteiger partial charge in [-0.2, -0.15) is 13.5 Å². The summed E-state index contributed by atoms with van der Waals surface area (Å²) in [5, 5.41) is 6.22. The molecule has 0 amide bonds. The van der Waals surface area contributed by atoms with Gasteiger partial charge in [0.15, 0.2) is 0 Å². The monoisotopic (exact) mass is 106 g/mol. The molecule has 0 spiro atoms. The lowest BCUT2D eigenvalue weighted by atomic mass is 10.7. The van der Waals surface area contributed by atoms with Crippen LogP contribution < -0.4 is 10.6 Å². The van der Waals surface area contributed by atoms with Crippen LogP contribution in [0.2, 0.25) is 0 Å². The van der Waals surface area contributed by atoms with Crippen molar-refractivity contribution in [3.05, 3.63) is 0 Å². The van der Waals surface area contributed by atoms with E-state index in [1.165, 1.54) is 0 Å². The third-order valence-corrected chi connectivity index (χ3v) is 0.729. The fourth-order valence-electron chi connectivity index (χ4n) is 0.442. The first kappa shape index (κ1) is 6.27. The first-order chi connectivity index (χ1) is 2.50. The van der Waals surface area contributed by atoms with Crippen molar-refractivity contribution in [2.45, 2.75) is 0 Å². The van der Waals surface area contributed by atoms with Crippen molar-refractivity contribution in [1.82, 2.24) is 10.6 Å². The van der Waals surface area contributed by atoms with E-state index in [1.54, 1.807) is 0 Å². The predicted molar refractivity (Wildman–Crippen MR) is 31.3 cm³/mol. The first-order valence-corrected chi connectivity index (χ1v) is 1.91. The second-order valence-electron chi connectivity index (χ2n) is 1.18. The lowest BCUT2D eigenvalue weighted by Crippen LogP contribution is -2.11. The van der Waals surface area contributed by atoms with Gasteiger partial charge in [-0.25, -0.2) is 0 Å². The molecule has 0 radical (unpaired) electrons. The predicted octanol–water partition coefficient (Wildman–Crippen LogP) is -0.750. The molecule has 3 heteroatoms. The van der Waals surface area contributed by atoms with Crippen LogP contribution in [0.25, 0.3) is 0 Å². The van der Waals surface area contributed by atoms with Gasteiger partial charge >= 0.3 is 0 Å². The molecule has 2 N–H and O–H groups in total. The van der Waals surface area contributed by atoms with E-state index >= 15 is 0 Å². The van der Waals surface area contributed by atoms with Crippen LogP contribution in [-0.4, -0.2) is 19.8 Å². The van der Waals surface area contributed by atoms with E-state index in [-0.39, 0.29) is 13.5 Å². The van der Waals surface area contributed by atoms with Gasteiger partial charge in [-0.05, 0) is 0 Å². The van der Waals surface area contributed by atoms with E-state index < -0.39 is 0 Å². The highest BCUT2D eigenvalue weighted by atomic mass is 32.1. The van der Waals surface area contributed by atoms with Crippen molar-refractivity contribution >= 4 is 13.5 Å². The molecule has 1 aliphatic heterocycles. The van der Waals surface area contributed by atoms with Gasteiger partial charge in [-0.15, -0.1) is 0 Å². The Balaban J connectivity index is 0.000000250. The summed E-state index contributed by atoms with van der Waals surface area (Å²) in [4.78, 5) is 0. The fourth-order valence-corrected chi connectivity index (χ4v) is 0.442. The summed E-state index contributed by atoms with van der Waals surface area (Å²) in [6.45, 7) is 3.28. The molecule has 0 bridgehead atoms. The fraction of sp³-hybridized carbons (Fsp3) is 1.00. The molecule has 0 aromatic rings. The summed E-state index contributed by atoms with van der Waals surface area (Å²) in [7, 11) is 0. The maximum atomic E-state index is 3.11. The molecule has 0 aromatic carbocycles. The molecule has 6 heavy (non-hydrogen) atoms. The van der Waals surface area contributed by atoms with E-state index in [4.69, 9.17) is 0 Å². The molecule has 0 unspecified atom stereocenters. The first-order valence-electron chi connectivity index (χ1n) is 1.91. The molecular weight excluding hydrogens is 96.1 g/mol. The highest BCUT2D eigenvalue weighted by Gasteiger charge is 1.90. The molecule has 0 saturated carbocycles. The zero-order valence-corrected chi connectivity index (χ0v) is 4.62. The van der Waals surface area contributed by atoms with Gasteiger partial charge in [0.2, 0.25) is 0 Å². The smallest absolute Gasteiger partial charge is 0.0455 e. The molecule has 1 heterocycles. The summed E-state index contributed by atoms with van der Waals surface area (Å²) < 4.78 is 0.